The van der Waals surface area contributed by atoms with Crippen LogP contribution in [0, 0.1) is 10.1 Å². The monoisotopic (exact) mass is 358 g/mol. The molecule has 9 heteroatoms. The Balaban J connectivity index is 2.00. The van der Waals surface area contributed by atoms with Crippen molar-refractivity contribution in [3.63, 3.8) is 0 Å². The van der Waals surface area contributed by atoms with Crippen molar-refractivity contribution in [3.8, 4) is 0 Å². The first kappa shape index (κ1) is 17.6. The van der Waals surface area contributed by atoms with Crippen LogP contribution in [0.2, 0.25) is 0 Å². The second kappa shape index (κ2) is 7.36. The molecule has 0 radical (unpaired) electrons. The van der Waals surface area contributed by atoms with Gasteiger partial charge in [-0.05, 0) is 12.1 Å². The van der Waals surface area contributed by atoms with E-state index in [9.17, 15) is 19.7 Å². The number of rotatable bonds is 5. The van der Waals surface area contributed by atoms with Crippen molar-refractivity contribution in [2.75, 3.05) is 37.7 Å². The van der Waals surface area contributed by atoms with Crippen LogP contribution in [-0.2, 0) is 9.53 Å². The van der Waals surface area contributed by atoms with Crippen LogP contribution in [0.25, 0.3) is 6.08 Å². The molecule has 0 bridgehead atoms. The summed E-state index contributed by atoms with van der Waals surface area (Å²) in [4.78, 5) is 38.0. The summed E-state index contributed by atoms with van der Waals surface area (Å²) in [5.74, 6) is -0.491. The van der Waals surface area contributed by atoms with Gasteiger partial charge in [0.2, 0.25) is 0 Å². The molecular weight excluding hydrogens is 340 g/mol. The van der Waals surface area contributed by atoms with Gasteiger partial charge in [0.25, 0.3) is 11.6 Å². The van der Waals surface area contributed by atoms with Crippen LogP contribution in [0.15, 0.2) is 36.6 Å². The smallest absolute Gasteiger partial charge is 0.329 e. The summed E-state index contributed by atoms with van der Waals surface area (Å²) in [7, 11) is 0. The second-order valence-electron chi connectivity index (χ2n) is 5.79. The highest BCUT2D eigenvalue weighted by atomic mass is 16.6. The number of nitro groups is 1. The molecule has 0 unspecified atom stereocenters. The molecule has 1 N–H and O–H groups in total. The first-order chi connectivity index (χ1) is 12.5. The minimum atomic E-state index is -0.542. The maximum atomic E-state index is 12.4. The highest BCUT2D eigenvalue weighted by Crippen LogP contribution is 2.29. The minimum Gasteiger partial charge on any atom is -0.378 e. The van der Waals surface area contributed by atoms with Gasteiger partial charge in [-0.25, -0.2) is 4.79 Å². The van der Waals surface area contributed by atoms with Crippen LogP contribution in [0.3, 0.4) is 0 Å². The second-order valence-corrected chi connectivity index (χ2v) is 5.79. The molecule has 1 aromatic rings. The maximum Gasteiger partial charge on any atom is 0.329 e. The number of hydrogen-bond donors (Lipinski definition) is 1. The normalized spacial score (nSPS) is 19.0. The molecule has 2 fully saturated rings. The van der Waals surface area contributed by atoms with Crippen molar-refractivity contribution in [1.82, 2.24) is 10.2 Å². The van der Waals surface area contributed by atoms with E-state index in [1.807, 2.05) is 4.90 Å². The highest BCUT2D eigenvalue weighted by Gasteiger charge is 2.33. The number of carbonyl (C=O) groups excluding carboxylic acids is 2. The van der Waals surface area contributed by atoms with E-state index in [1.54, 1.807) is 6.07 Å². The van der Waals surface area contributed by atoms with Gasteiger partial charge >= 0.3 is 6.03 Å². The van der Waals surface area contributed by atoms with Gasteiger partial charge in [-0.3, -0.25) is 19.8 Å². The van der Waals surface area contributed by atoms with Crippen LogP contribution < -0.4 is 10.2 Å². The minimum absolute atomic E-state index is 0.0758. The van der Waals surface area contributed by atoms with Gasteiger partial charge in [-0.2, -0.15) is 0 Å². The number of ether oxygens (including phenoxy) is 1. The Kier molecular flexibility index (Phi) is 4.99. The summed E-state index contributed by atoms with van der Waals surface area (Å²) < 4.78 is 5.34. The van der Waals surface area contributed by atoms with E-state index in [0.29, 0.717) is 31.9 Å². The molecule has 0 aromatic heterocycles. The van der Waals surface area contributed by atoms with Crippen LogP contribution in [-0.4, -0.2) is 54.6 Å². The topological polar surface area (TPSA) is 105 Å². The summed E-state index contributed by atoms with van der Waals surface area (Å²) in [5.41, 5.74) is 1.22. The molecule has 2 aliphatic rings. The predicted octanol–water partition coefficient (Wildman–Crippen LogP) is 1.51. The Morgan fingerprint density at radius 1 is 1.31 bits per heavy atom. The van der Waals surface area contributed by atoms with Gasteiger partial charge < -0.3 is 15.0 Å². The molecule has 0 atom stereocenters. The third kappa shape index (κ3) is 3.42. The molecule has 9 nitrogen and oxygen atoms in total. The zero-order valence-electron chi connectivity index (χ0n) is 14.0. The zero-order valence-corrected chi connectivity index (χ0v) is 14.0. The summed E-state index contributed by atoms with van der Waals surface area (Å²) in [5, 5.41) is 13.6. The summed E-state index contributed by atoms with van der Waals surface area (Å²) in [6, 6.07) is 3.93. The number of hydrogen-bond acceptors (Lipinski definition) is 6. The summed E-state index contributed by atoms with van der Waals surface area (Å²) in [6.45, 7) is 5.99. The number of non-ortho nitro benzene ring substituents is 1. The Bertz CT molecular complexity index is 798. The van der Waals surface area contributed by atoms with E-state index in [4.69, 9.17) is 4.74 Å². The maximum absolute atomic E-state index is 12.4. The fourth-order valence-electron chi connectivity index (χ4n) is 2.89. The lowest BCUT2D eigenvalue weighted by molar-refractivity contribution is -0.384. The van der Waals surface area contributed by atoms with Crippen LogP contribution in [0.5, 0.6) is 0 Å². The largest absolute Gasteiger partial charge is 0.378 e. The molecule has 0 aliphatic carbocycles. The quantitative estimate of drug-likeness (QED) is 0.281. The molecule has 136 valence electrons. The predicted molar refractivity (Wildman–Crippen MR) is 94.5 cm³/mol. The van der Waals surface area contributed by atoms with E-state index in [1.165, 1.54) is 24.3 Å². The van der Waals surface area contributed by atoms with Gasteiger partial charge in [-0.1, -0.05) is 6.08 Å². The van der Waals surface area contributed by atoms with E-state index in [-0.39, 0.29) is 17.9 Å². The first-order valence-corrected chi connectivity index (χ1v) is 8.08. The van der Waals surface area contributed by atoms with E-state index in [0.717, 1.165) is 10.6 Å². The lowest BCUT2D eigenvalue weighted by Crippen LogP contribution is -2.36. The van der Waals surface area contributed by atoms with Crippen molar-refractivity contribution in [3.05, 3.63) is 52.2 Å². The number of imide groups is 1. The summed E-state index contributed by atoms with van der Waals surface area (Å²) >= 11 is 0. The van der Waals surface area contributed by atoms with Gasteiger partial charge in [0.05, 0.1) is 18.1 Å². The van der Waals surface area contributed by atoms with Gasteiger partial charge in [0.1, 0.15) is 5.70 Å². The first-order valence-electron chi connectivity index (χ1n) is 8.08. The van der Waals surface area contributed by atoms with Crippen molar-refractivity contribution >= 4 is 29.4 Å². The van der Waals surface area contributed by atoms with Crippen LogP contribution in [0.4, 0.5) is 16.2 Å². The number of benzene rings is 1. The molecule has 0 spiro atoms. The standard InChI is InChI=1S/C17H18N4O5/c1-2-5-20-16(22)14(18-17(20)23)11-12-10-13(21(24)25)3-4-15(12)19-6-8-26-9-7-19/h2-4,10-11H,1,5-9H2,(H,18,23)/b14-11-. The third-order valence-electron chi connectivity index (χ3n) is 4.15. The average molecular weight is 358 g/mol. The van der Waals surface area contributed by atoms with E-state index in [2.05, 4.69) is 11.9 Å². The molecular formula is C17H18N4O5. The fourth-order valence-corrected chi connectivity index (χ4v) is 2.89. The molecule has 2 aliphatic heterocycles. The Morgan fingerprint density at radius 2 is 2.04 bits per heavy atom. The number of carbonyl (C=O) groups is 2. The molecule has 1 aromatic carbocycles. The Hall–Kier alpha value is -3.20. The molecule has 2 saturated heterocycles. The van der Waals surface area contributed by atoms with Crippen molar-refractivity contribution in [2.24, 2.45) is 0 Å². The number of nitrogens with zero attached hydrogens (tertiary/aromatic N) is 3. The number of nitro benzene ring substituents is 1. The van der Waals surface area contributed by atoms with E-state index >= 15 is 0 Å². The third-order valence-corrected chi connectivity index (χ3v) is 4.15. The van der Waals surface area contributed by atoms with Crippen molar-refractivity contribution in [1.29, 1.82) is 0 Å². The van der Waals surface area contributed by atoms with E-state index < -0.39 is 16.9 Å². The molecule has 0 saturated carbocycles. The summed E-state index contributed by atoms with van der Waals surface area (Å²) in [6.07, 6.45) is 2.92. The molecule has 3 rings (SSSR count). The molecule has 3 amide bonds. The van der Waals surface area contributed by atoms with Crippen molar-refractivity contribution in [2.45, 2.75) is 0 Å². The van der Waals surface area contributed by atoms with Gasteiger partial charge in [-0.15, -0.1) is 6.58 Å². The van der Waals surface area contributed by atoms with Gasteiger partial charge in [0.15, 0.2) is 0 Å². The highest BCUT2D eigenvalue weighted by molar-refractivity contribution is 6.14. The van der Waals surface area contributed by atoms with Crippen LogP contribution in [0.1, 0.15) is 5.56 Å². The zero-order chi connectivity index (χ0) is 18.7. The number of urea groups is 1. The molecule has 26 heavy (non-hydrogen) atoms. The number of amides is 3. The lowest BCUT2D eigenvalue weighted by Gasteiger charge is -2.30. The molecule has 2 heterocycles. The Labute approximate surface area is 149 Å². The number of morpholine rings is 1. The fraction of sp³-hybridized carbons (Fsp3) is 0.294. The average Bonchev–Trinajstić information content (AvgIpc) is 2.90. The lowest BCUT2D eigenvalue weighted by atomic mass is 10.1. The SMILES string of the molecule is C=CCN1C(=O)N/C(=C\c2cc([N+](=O)[O-])ccc2N2CCOCC2)C1=O. The Morgan fingerprint density at radius 3 is 2.69 bits per heavy atom. The van der Waals surface area contributed by atoms with Crippen molar-refractivity contribution < 1.29 is 19.2 Å². The van der Waals surface area contributed by atoms with Gasteiger partial charge in [0, 0.05) is 43.0 Å². The van der Waals surface area contributed by atoms with Crippen LogP contribution >= 0.6 is 0 Å². The number of anilines is 1. The number of nitrogens with one attached hydrogen (secondary N) is 1.